The van der Waals surface area contributed by atoms with E-state index in [0.29, 0.717) is 13.0 Å². The molecule has 0 fully saturated rings. The molecule has 1 aromatic carbocycles. The fourth-order valence-electron chi connectivity index (χ4n) is 1.45. The van der Waals surface area contributed by atoms with Crippen LogP contribution in [-0.4, -0.2) is 25.7 Å². The number of hydrogen-bond donors (Lipinski definition) is 1. The van der Waals surface area contributed by atoms with E-state index in [1.54, 1.807) is 6.07 Å². The van der Waals surface area contributed by atoms with Crippen molar-refractivity contribution in [1.29, 1.82) is 10.5 Å². The molecule has 6 nitrogen and oxygen atoms in total. The van der Waals surface area contributed by atoms with Crippen molar-refractivity contribution in [1.82, 2.24) is 5.43 Å². The standard InChI is InChI=1S/C14H15N5O/c1-19(10-2-8-15)13-5-3-12(4-6-13)11-17-18-14(20)7-9-16/h3-6,11H,2,7,10H2,1H3,(H,18,20)/b17-11-. The van der Waals surface area contributed by atoms with Gasteiger partial charge in [-0.25, -0.2) is 5.43 Å². The molecule has 0 saturated carbocycles. The van der Waals surface area contributed by atoms with Crippen LogP contribution in [0.5, 0.6) is 0 Å². The Hall–Kier alpha value is -2.86. The van der Waals surface area contributed by atoms with E-state index >= 15 is 0 Å². The molecular weight excluding hydrogens is 254 g/mol. The minimum absolute atomic E-state index is 0.208. The van der Waals surface area contributed by atoms with Gasteiger partial charge in [-0.05, 0) is 17.7 Å². The lowest BCUT2D eigenvalue weighted by Crippen LogP contribution is -2.18. The Labute approximate surface area is 117 Å². The normalized spacial score (nSPS) is 9.75. The van der Waals surface area contributed by atoms with Gasteiger partial charge in [-0.1, -0.05) is 12.1 Å². The summed E-state index contributed by atoms with van der Waals surface area (Å²) in [5, 5.41) is 20.6. The number of nitrogens with one attached hydrogen (secondary N) is 1. The fourth-order valence-corrected chi connectivity index (χ4v) is 1.45. The lowest BCUT2D eigenvalue weighted by molar-refractivity contribution is -0.120. The molecule has 0 aliphatic rings. The summed E-state index contributed by atoms with van der Waals surface area (Å²) in [7, 11) is 1.92. The van der Waals surface area contributed by atoms with Gasteiger partial charge in [-0.2, -0.15) is 15.6 Å². The summed E-state index contributed by atoms with van der Waals surface area (Å²) >= 11 is 0. The summed E-state index contributed by atoms with van der Waals surface area (Å²) in [6.45, 7) is 0.675. The Morgan fingerprint density at radius 1 is 1.35 bits per heavy atom. The Balaban J connectivity index is 2.54. The third-order valence-electron chi connectivity index (χ3n) is 2.54. The highest BCUT2D eigenvalue weighted by atomic mass is 16.2. The zero-order valence-corrected chi connectivity index (χ0v) is 11.2. The zero-order chi connectivity index (χ0) is 14.8. The number of rotatable bonds is 6. The van der Waals surface area contributed by atoms with E-state index in [-0.39, 0.29) is 6.42 Å². The SMILES string of the molecule is CN(CCC#N)c1ccc(/C=N\NC(=O)CC#N)cc1. The Kier molecular flexibility index (Phi) is 6.29. The van der Waals surface area contributed by atoms with E-state index in [0.717, 1.165) is 11.3 Å². The number of amides is 1. The van der Waals surface area contributed by atoms with Crippen molar-refractivity contribution in [2.45, 2.75) is 12.8 Å². The molecule has 102 valence electrons. The number of nitriles is 2. The van der Waals surface area contributed by atoms with E-state index in [1.807, 2.05) is 36.2 Å². The van der Waals surface area contributed by atoms with Gasteiger partial charge >= 0.3 is 0 Å². The number of benzene rings is 1. The highest BCUT2D eigenvalue weighted by Crippen LogP contribution is 2.13. The molecule has 0 atom stereocenters. The molecule has 0 bridgehead atoms. The molecule has 6 heteroatoms. The van der Waals surface area contributed by atoms with Crippen LogP contribution in [-0.2, 0) is 4.79 Å². The van der Waals surface area contributed by atoms with Gasteiger partial charge in [0.15, 0.2) is 0 Å². The minimum atomic E-state index is -0.434. The van der Waals surface area contributed by atoms with Crippen molar-refractivity contribution in [3.8, 4) is 12.1 Å². The molecule has 0 aliphatic carbocycles. The van der Waals surface area contributed by atoms with Crippen LogP contribution in [0.15, 0.2) is 29.4 Å². The first-order valence-corrected chi connectivity index (χ1v) is 6.04. The van der Waals surface area contributed by atoms with Crippen LogP contribution in [0.3, 0.4) is 0 Å². The van der Waals surface area contributed by atoms with Crippen LogP contribution in [0.25, 0.3) is 0 Å². The maximum Gasteiger partial charge on any atom is 0.254 e. The first-order valence-electron chi connectivity index (χ1n) is 6.04. The van der Waals surface area contributed by atoms with Gasteiger partial charge in [0.1, 0.15) is 6.42 Å². The van der Waals surface area contributed by atoms with E-state index < -0.39 is 5.91 Å². The van der Waals surface area contributed by atoms with Crippen molar-refractivity contribution in [3.63, 3.8) is 0 Å². The summed E-state index contributed by atoms with van der Waals surface area (Å²) in [5.74, 6) is -0.434. The number of anilines is 1. The third kappa shape index (κ3) is 5.19. The van der Waals surface area contributed by atoms with E-state index in [1.165, 1.54) is 6.21 Å². The summed E-state index contributed by atoms with van der Waals surface area (Å²) < 4.78 is 0. The summed E-state index contributed by atoms with van der Waals surface area (Å²) in [5.41, 5.74) is 4.10. The summed E-state index contributed by atoms with van der Waals surface area (Å²) in [6, 6.07) is 11.4. The van der Waals surface area contributed by atoms with Gasteiger partial charge in [-0.15, -0.1) is 0 Å². The molecule has 0 radical (unpaired) electrons. The van der Waals surface area contributed by atoms with E-state index in [4.69, 9.17) is 10.5 Å². The Morgan fingerprint density at radius 3 is 2.65 bits per heavy atom. The largest absolute Gasteiger partial charge is 0.374 e. The Bertz CT molecular complexity index is 550. The maximum absolute atomic E-state index is 11.0. The number of nitrogens with zero attached hydrogens (tertiary/aromatic N) is 4. The highest BCUT2D eigenvalue weighted by molar-refractivity contribution is 5.83. The van der Waals surface area contributed by atoms with Crippen LogP contribution in [0.2, 0.25) is 0 Å². The third-order valence-corrected chi connectivity index (χ3v) is 2.54. The summed E-state index contributed by atoms with van der Waals surface area (Å²) in [6.07, 6.45) is 1.78. The van der Waals surface area contributed by atoms with E-state index in [9.17, 15) is 4.79 Å². The van der Waals surface area contributed by atoms with Crippen LogP contribution in [0, 0.1) is 22.7 Å². The second-order valence-electron chi connectivity index (χ2n) is 4.05. The monoisotopic (exact) mass is 269 g/mol. The summed E-state index contributed by atoms with van der Waals surface area (Å²) in [4.78, 5) is 13.0. The lowest BCUT2D eigenvalue weighted by Gasteiger charge is -2.17. The maximum atomic E-state index is 11.0. The molecule has 1 amide bonds. The average molecular weight is 269 g/mol. The molecule has 1 aromatic rings. The van der Waals surface area contributed by atoms with E-state index in [2.05, 4.69) is 16.6 Å². The lowest BCUT2D eigenvalue weighted by atomic mass is 10.2. The molecule has 0 aliphatic heterocycles. The van der Waals surface area contributed by atoms with Gasteiger partial charge in [0.05, 0.1) is 24.8 Å². The number of hydrogen-bond acceptors (Lipinski definition) is 5. The predicted molar refractivity (Wildman–Crippen MR) is 75.9 cm³/mol. The molecular formula is C14H15N5O. The van der Waals surface area contributed by atoms with Gasteiger partial charge in [-0.3, -0.25) is 4.79 Å². The Morgan fingerprint density at radius 2 is 2.05 bits per heavy atom. The molecule has 0 spiro atoms. The molecule has 0 aromatic heterocycles. The van der Waals surface area contributed by atoms with Gasteiger partial charge in [0.2, 0.25) is 0 Å². The zero-order valence-electron chi connectivity index (χ0n) is 11.2. The molecule has 0 saturated heterocycles. The molecule has 20 heavy (non-hydrogen) atoms. The first kappa shape index (κ1) is 15.2. The van der Waals surface area contributed by atoms with Crippen LogP contribution >= 0.6 is 0 Å². The van der Waals surface area contributed by atoms with Crippen molar-refractivity contribution in [2.75, 3.05) is 18.5 Å². The average Bonchev–Trinajstić information content (AvgIpc) is 2.46. The minimum Gasteiger partial charge on any atom is -0.374 e. The number of carbonyl (C=O) groups is 1. The van der Waals surface area contributed by atoms with Gasteiger partial charge in [0.25, 0.3) is 5.91 Å². The van der Waals surface area contributed by atoms with Crippen molar-refractivity contribution in [2.24, 2.45) is 5.10 Å². The van der Waals surface area contributed by atoms with Crippen LogP contribution < -0.4 is 10.3 Å². The van der Waals surface area contributed by atoms with Gasteiger partial charge < -0.3 is 4.90 Å². The molecule has 1 rings (SSSR count). The topological polar surface area (TPSA) is 92.3 Å². The van der Waals surface area contributed by atoms with Crippen molar-refractivity contribution < 1.29 is 4.79 Å². The quantitative estimate of drug-likeness (QED) is 0.624. The fraction of sp³-hybridized carbons (Fsp3) is 0.286. The van der Waals surface area contributed by atoms with Gasteiger partial charge in [0, 0.05) is 19.3 Å². The van der Waals surface area contributed by atoms with Crippen molar-refractivity contribution >= 4 is 17.8 Å². The second-order valence-corrected chi connectivity index (χ2v) is 4.05. The number of carbonyl (C=O) groups excluding carboxylic acids is 1. The highest BCUT2D eigenvalue weighted by Gasteiger charge is 2.00. The number of hydrazone groups is 1. The predicted octanol–water partition coefficient (Wildman–Crippen LogP) is 1.40. The molecule has 1 N–H and O–H groups in total. The van der Waals surface area contributed by atoms with Crippen LogP contribution in [0.4, 0.5) is 5.69 Å². The van der Waals surface area contributed by atoms with Crippen molar-refractivity contribution in [3.05, 3.63) is 29.8 Å². The smallest absolute Gasteiger partial charge is 0.254 e. The molecule has 0 heterocycles. The first-order chi connectivity index (χ1) is 9.67. The molecule has 0 unspecified atom stereocenters. The second kappa shape index (κ2) is 8.28. The van der Waals surface area contributed by atoms with Crippen LogP contribution in [0.1, 0.15) is 18.4 Å².